The second kappa shape index (κ2) is 9.50. The van der Waals surface area contributed by atoms with Crippen molar-refractivity contribution in [3.63, 3.8) is 0 Å². The fourth-order valence-electron chi connectivity index (χ4n) is 3.04. The van der Waals surface area contributed by atoms with Gasteiger partial charge in [0.1, 0.15) is 0 Å². The summed E-state index contributed by atoms with van der Waals surface area (Å²) in [4.78, 5) is 25.2. The molecule has 0 fully saturated rings. The molecule has 1 aromatic carbocycles. The van der Waals surface area contributed by atoms with Crippen LogP contribution in [0.25, 0.3) is 0 Å². The molecule has 2 aromatic heterocycles. The van der Waals surface area contributed by atoms with E-state index in [1.165, 1.54) is 17.3 Å². The van der Waals surface area contributed by atoms with Crippen LogP contribution in [0.5, 0.6) is 0 Å². The Bertz CT molecular complexity index is 899. The van der Waals surface area contributed by atoms with Gasteiger partial charge in [-0.2, -0.15) is 0 Å². The van der Waals surface area contributed by atoms with Crippen molar-refractivity contribution < 1.29 is 4.79 Å². The number of nitrogens with one attached hydrogen (secondary N) is 1. The normalized spacial score (nSPS) is 10.8. The molecule has 0 atom stereocenters. The van der Waals surface area contributed by atoms with E-state index < -0.39 is 0 Å². The highest BCUT2D eigenvalue weighted by Gasteiger charge is 2.10. The Hall–Kier alpha value is -2.67. The van der Waals surface area contributed by atoms with E-state index in [0.717, 1.165) is 34.2 Å². The summed E-state index contributed by atoms with van der Waals surface area (Å²) in [6.45, 7) is 5.28. The molecule has 0 saturated heterocycles. The maximum absolute atomic E-state index is 12.2. The number of amides is 1. The summed E-state index contributed by atoms with van der Waals surface area (Å²) in [5.74, 6) is 0.0373. The van der Waals surface area contributed by atoms with Gasteiger partial charge in [0.2, 0.25) is 5.91 Å². The molecule has 146 valence electrons. The Labute approximate surface area is 169 Å². The highest BCUT2D eigenvalue weighted by Crippen LogP contribution is 2.17. The van der Waals surface area contributed by atoms with E-state index in [1.807, 2.05) is 30.9 Å². The Kier molecular flexibility index (Phi) is 6.81. The van der Waals surface area contributed by atoms with Gasteiger partial charge in [-0.3, -0.25) is 4.79 Å². The summed E-state index contributed by atoms with van der Waals surface area (Å²) < 4.78 is 2.02. The predicted octanol–water partition coefficient (Wildman–Crippen LogP) is 3.31. The molecule has 1 N–H and O–H groups in total. The van der Waals surface area contributed by atoms with Crippen molar-refractivity contribution in [2.45, 2.75) is 44.9 Å². The molecule has 28 heavy (non-hydrogen) atoms. The Morgan fingerprint density at radius 3 is 2.39 bits per heavy atom. The van der Waals surface area contributed by atoms with Crippen LogP contribution < -0.4 is 5.32 Å². The van der Waals surface area contributed by atoms with Crippen molar-refractivity contribution >= 4 is 17.7 Å². The van der Waals surface area contributed by atoms with E-state index in [-0.39, 0.29) is 5.91 Å². The molecule has 2 heterocycles. The predicted molar refractivity (Wildman–Crippen MR) is 111 cm³/mol. The highest BCUT2D eigenvalue weighted by molar-refractivity contribution is 7.98. The number of nitrogens with zero attached hydrogens (tertiary/aromatic N) is 4. The number of thioether (sulfide) groups is 1. The van der Waals surface area contributed by atoms with Gasteiger partial charge >= 0.3 is 0 Å². The van der Waals surface area contributed by atoms with Crippen molar-refractivity contribution in [3.05, 3.63) is 71.1 Å². The van der Waals surface area contributed by atoms with E-state index in [0.29, 0.717) is 19.4 Å². The molecule has 3 aromatic rings. The average Bonchev–Trinajstić information content (AvgIpc) is 3.19. The fourth-order valence-corrected chi connectivity index (χ4v) is 3.50. The first kappa shape index (κ1) is 20.1. The third-order valence-electron chi connectivity index (χ3n) is 4.62. The monoisotopic (exact) mass is 395 g/mol. The molecule has 0 aliphatic heterocycles. The molecule has 3 rings (SSSR count). The Morgan fingerprint density at radius 1 is 1.11 bits per heavy atom. The van der Waals surface area contributed by atoms with Crippen molar-refractivity contribution in [3.8, 4) is 0 Å². The third-order valence-corrected chi connectivity index (χ3v) is 5.17. The molecule has 0 bridgehead atoms. The van der Waals surface area contributed by atoms with Gasteiger partial charge in [-0.05, 0) is 43.2 Å². The van der Waals surface area contributed by atoms with Crippen molar-refractivity contribution in [2.24, 2.45) is 0 Å². The maximum atomic E-state index is 12.2. The summed E-state index contributed by atoms with van der Waals surface area (Å²) in [5, 5.41) is 3.77. The van der Waals surface area contributed by atoms with Crippen molar-refractivity contribution in [1.29, 1.82) is 0 Å². The van der Waals surface area contributed by atoms with E-state index in [1.54, 1.807) is 12.5 Å². The summed E-state index contributed by atoms with van der Waals surface area (Å²) in [6.07, 6.45) is 8.57. The van der Waals surface area contributed by atoms with Crippen LogP contribution in [0.15, 0.2) is 48.1 Å². The van der Waals surface area contributed by atoms with Crippen LogP contribution in [0.4, 0.5) is 0 Å². The van der Waals surface area contributed by atoms with Gasteiger partial charge in [0.25, 0.3) is 0 Å². The molecular formula is C21H25N5OS. The summed E-state index contributed by atoms with van der Waals surface area (Å²) >= 11 is 1.53. The van der Waals surface area contributed by atoms with Crippen LogP contribution in [0, 0.1) is 13.8 Å². The molecular weight excluding hydrogens is 370 g/mol. The molecule has 0 unspecified atom stereocenters. The van der Waals surface area contributed by atoms with E-state index in [4.69, 9.17) is 0 Å². The molecule has 0 aliphatic carbocycles. The lowest BCUT2D eigenvalue weighted by Gasteiger charge is -2.10. The van der Waals surface area contributed by atoms with Crippen LogP contribution >= 0.6 is 11.8 Å². The van der Waals surface area contributed by atoms with E-state index >= 15 is 0 Å². The minimum absolute atomic E-state index is 0.0373. The number of carbonyl (C=O) groups is 1. The van der Waals surface area contributed by atoms with Gasteiger partial charge in [0, 0.05) is 43.3 Å². The number of benzene rings is 1. The lowest BCUT2D eigenvalue weighted by atomic mass is 10.1. The van der Waals surface area contributed by atoms with Gasteiger partial charge in [0.05, 0.1) is 6.33 Å². The van der Waals surface area contributed by atoms with E-state index in [2.05, 4.69) is 44.5 Å². The molecule has 6 nitrogen and oxygen atoms in total. The Morgan fingerprint density at radius 2 is 1.79 bits per heavy atom. The maximum Gasteiger partial charge on any atom is 0.220 e. The average molecular weight is 396 g/mol. The number of aryl methyl sites for hydroxylation is 2. The number of hydrogen-bond donors (Lipinski definition) is 1. The summed E-state index contributed by atoms with van der Waals surface area (Å²) in [6, 6.07) is 8.27. The van der Waals surface area contributed by atoms with Crippen LogP contribution in [-0.2, 0) is 24.3 Å². The number of imidazole rings is 1. The zero-order valence-electron chi connectivity index (χ0n) is 16.5. The van der Waals surface area contributed by atoms with Gasteiger partial charge in [-0.15, -0.1) is 0 Å². The number of carbonyl (C=O) groups excluding carboxylic acids is 1. The van der Waals surface area contributed by atoms with Crippen LogP contribution in [-0.4, -0.2) is 31.7 Å². The Balaban J connectivity index is 1.48. The second-order valence-electron chi connectivity index (χ2n) is 6.69. The first-order chi connectivity index (χ1) is 13.5. The van der Waals surface area contributed by atoms with Gasteiger partial charge in [-0.25, -0.2) is 15.0 Å². The van der Waals surface area contributed by atoms with Crippen molar-refractivity contribution in [2.75, 3.05) is 6.26 Å². The first-order valence-corrected chi connectivity index (χ1v) is 10.5. The molecule has 7 heteroatoms. The molecule has 0 radical (unpaired) electrons. The van der Waals surface area contributed by atoms with Gasteiger partial charge in [-0.1, -0.05) is 36.0 Å². The smallest absolute Gasteiger partial charge is 0.220 e. The van der Waals surface area contributed by atoms with Crippen molar-refractivity contribution in [1.82, 2.24) is 24.8 Å². The summed E-state index contributed by atoms with van der Waals surface area (Å²) in [5.41, 5.74) is 5.27. The van der Waals surface area contributed by atoms with Crippen LogP contribution in [0.2, 0.25) is 0 Å². The fraction of sp³-hybridized carbons (Fsp3) is 0.333. The summed E-state index contributed by atoms with van der Waals surface area (Å²) in [7, 11) is 0. The minimum Gasteiger partial charge on any atom is -0.352 e. The highest BCUT2D eigenvalue weighted by atomic mass is 32.2. The quantitative estimate of drug-likeness (QED) is 0.468. The second-order valence-corrected chi connectivity index (χ2v) is 7.46. The zero-order chi connectivity index (χ0) is 19.9. The zero-order valence-corrected chi connectivity index (χ0v) is 17.3. The first-order valence-electron chi connectivity index (χ1n) is 9.23. The van der Waals surface area contributed by atoms with Gasteiger partial charge < -0.3 is 9.88 Å². The third kappa shape index (κ3) is 5.42. The number of rotatable bonds is 8. The topological polar surface area (TPSA) is 72.7 Å². The number of aromatic nitrogens is 4. The lowest BCUT2D eigenvalue weighted by Crippen LogP contribution is -2.23. The van der Waals surface area contributed by atoms with Crippen LogP contribution in [0.3, 0.4) is 0 Å². The van der Waals surface area contributed by atoms with Gasteiger partial charge in [0.15, 0.2) is 5.16 Å². The van der Waals surface area contributed by atoms with E-state index in [9.17, 15) is 4.79 Å². The minimum atomic E-state index is 0.0373. The SMILES string of the molecule is CSc1nc(C)c(CCC(=O)NCc2ccc(Cn3ccnc3)cc2)c(C)n1. The molecule has 0 spiro atoms. The lowest BCUT2D eigenvalue weighted by molar-refractivity contribution is -0.121. The van der Waals surface area contributed by atoms with Crippen LogP contribution in [0.1, 0.15) is 34.5 Å². The standard InChI is InChI=1S/C21H25N5OS/c1-15-19(16(2)25-21(24-15)28-3)8-9-20(27)23-12-17-4-6-18(7-5-17)13-26-11-10-22-14-26/h4-7,10-11,14H,8-9,12-13H2,1-3H3,(H,23,27). The molecule has 0 aliphatic rings. The number of hydrogen-bond acceptors (Lipinski definition) is 5. The molecule has 1 amide bonds. The molecule has 0 saturated carbocycles. The largest absolute Gasteiger partial charge is 0.352 e.